The third-order valence-electron chi connectivity index (χ3n) is 6.82. The lowest BCUT2D eigenvalue weighted by atomic mass is 9.72. The van der Waals surface area contributed by atoms with Crippen LogP contribution in [0.4, 0.5) is 16.4 Å². The van der Waals surface area contributed by atoms with Crippen molar-refractivity contribution in [3.05, 3.63) is 73.1 Å². The molecule has 8 nitrogen and oxygen atoms in total. The number of fused-ring (bicyclic) bond motifs is 1. The second kappa shape index (κ2) is 11.1. The van der Waals surface area contributed by atoms with Gasteiger partial charge in [-0.1, -0.05) is 32.4 Å². The predicted molar refractivity (Wildman–Crippen MR) is 152 cm³/mol. The van der Waals surface area contributed by atoms with Gasteiger partial charge in [-0.05, 0) is 60.4 Å². The van der Waals surface area contributed by atoms with Crippen LogP contribution in [-0.4, -0.2) is 31.3 Å². The van der Waals surface area contributed by atoms with Gasteiger partial charge in [0, 0.05) is 33.4 Å². The molecule has 0 saturated carbocycles. The summed E-state index contributed by atoms with van der Waals surface area (Å²) in [5.41, 5.74) is 2.54. The number of nitrogens with zero attached hydrogens (tertiary/aromatic N) is 2. The maximum absolute atomic E-state index is 13.6. The molecule has 10 heteroatoms. The van der Waals surface area contributed by atoms with E-state index in [1.165, 1.54) is 43.9 Å². The van der Waals surface area contributed by atoms with Gasteiger partial charge in [-0.25, -0.2) is 4.99 Å². The highest BCUT2D eigenvalue weighted by Gasteiger charge is 2.33. The van der Waals surface area contributed by atoms with Gasteiger partial charge in [-0.15, -0.1) is 11.3 Å². The van der Waals surface area contributed by atoms with Crippen LogP contribution in [0, 0.1) is 21.4 Å². The number of halogens is 1. The van der Waals surface area contributed by atoms with Gasteiger partial charge in [-0.2, -0.15) is 0 Å². The minimum absolute atomic E-state index is 0.143. The van der Waals surface area contributed by atoms with E-state index >= 15 is 0 Å². The number of nitro benzene ring substituents is 1. The summed E-state index contributed by atoms with van der Waals surface area (Å²) in [5.74, 6) is 0.777. The molecule has 1 amide bonds. The van der Waals surface area contributed by atoms with Crippen LogP contribution in [0.15, 0.2) is 41.4 Å². The molecule has 0 bridgehead atoms. The number of anilines is 1. The van der Waals surface area contributed by atoms with Crippen LogP contribution >= 0.6 is 22.9 Å². The van der Waals surface area contributed by atoms with Crippen molar-refractivity contribution in [1.29, 1.82) is 0 Å². The highest BCUT2D eigenvalue weighted by atomic mass is 35.5. The van der Waals surface area contributed by atoms with Gasteiger partial charge in [-0.3, -0.25) is 14.9 Å². The summed E-state index contributed by atoms with van der Waals surface area (Å²) in [4.78, 5) is 30.4. The molecule has 3 aromatic rings. The second-order valence-corrected chi connectivity index (χ2v) is 11.8. The molecule has 1 N–H and O–H groups in total. The number of aliphatic imine (C=N–C) groups is 1. The average molecular weight is 556 g/mol. The van der Waals surface area contributed by atoms with E-state index in [2.05, 4.69) is 31.1 Å². The van der Waals surface area contributed by atoms with Crippen molar-refractivity contribution < 1.29 is 19.2 Å². The van der Waals surface area contributed by atoms with Crippen LogP contribution in [0.2, 0.25) is 5.02 Å². The van der Waals surface area contributed by atoms with E-state index in [0.29, 0.717) is 38.5 Å². The Morgan fingerprint density at radius 1 is 1.21 bits per heavy atom. The Kier molecular flexibility index (Phi) is 8.08. The minimum Gasteiger partial charge on any atom is -0.493 e. The van der Waals surface area contributed by atoms with Crippen molar-refractivity contribution in [2.24, 2.45) is 16.3 Å². The number of nitro groups is 1. The Labute approximate surface area is 230 Å². The molecule has 0 spiro atoms. The van der Waals surface area contributed by atoms with Crippen molar-refractivity contribution >= 4 is 51.4 Å². The van der Waals surface area contributed by atoms with E-state index in [-0.39, 0.29) is 22.8 Å². The number of ether oxygens (including phenoxy) is 2. The van der Waals surface area contributed by atoms with Gasteiger partial charge in [0.25, 0.3) is 11.6 Å². The van der Waals surface area contributed by atoms with E-state index in [0.717, 1.165) is 29.7 Å². The quantitative estimate of drug-likeness (QED) is 0.185. The van der Waals surface area contributed by atoms with Crippen molar-refractivity contribution in [2.45, 2.75) is 40.0 Å². The number of hydrogen-bond donors (Lipinski definition) is 1. The van der Waals surface area contributed by atoms with Gasteiger partial charge in [0.2, 0.25) is 0 Å². The van der Waals surface area contributed by atoms with Gasteiger partial charge in [0.15, 0.2) is 11.5 Å². The zero-order chi connectivity index (χ0) is 27.6. The number of nitrogens with one attached hydrogen (secondary N) is 1. The third kappa shape index (κ3) is 5.84. The monoisotopic (exact) mass is 555 g/mol. The molecule has 200 valence electrons. The van der Waals surface area contributed by atoms with Gasteiger partial charge in [0.1, 0.15) is 5.00 Å². The normalized spacial score (nSPS) is 15.3. The Bertz CT molecular complexity index is 1390. The molecular formula is C28H30ClN3O5S. The highest BCUT2D eigenvalue weighted by Crippen LogP contribution is 2.45. The first-order valence-corrected chi connectivity index (χ1v) is 13.4. The van der Waals surface area contributed by atoms with Crippen molar-refractivity contribution in [2.75, 3.05) is 19.5 Å². The van der Waals surface area contributed by atoms with Crippen LogP contribution in [0.3, 0.4) is 0 Å². The molecule has 0 radical (unpaired) electrons. The molecule has 1 atom stereocenters. The van der Waals surface area contributed by atoms with Crippen LogP contribution in [0.25, 0.3) is 0 Å². The number of benzene rings is 2. The lowest BCUT2D eigenvalue weighted by Crippen LogP contribution is -2.27. The lowest BCUT2D eigenvalue weighted by Gasteiger charge is -2.33. The van der Waals surface area contributed by atoms with E-state index in [1.54, 1.807) is 24.3 Å². The molecule has 0 fully saturated rings. The number of amides is 1. The summed E-state index contributed by atoms with van der Waals surface area (Å²) in [6, 6.07) is 9.61. The molecule has 4 rings (SSSR count). The first kappa shape index (κ1) is 27.6. The van der Waals surface area contributed by atoms with E-state index in [9.17, 15) is 14.9 Å². The number of non-ortho nitro benzene ring substituents is 1. The fourth-order valence-electron chi connectivity index (χ4n) is 4.67. The number of rotatable bonds is 7. The molecular weight excluding hydrogens is 526 g/mol. The molecule has 1 aliphatic carbocycles. The second-order valence-electron chi connectivity index (χ2n) is 10.2. The number of carbonyl (C=O) groups excluding carboxylic acids is 1. The molecule has 0 saturated heterocycles. The van der Waals surface area contributed by atoms with Crippen molar-refractivity contribution in [3.63, 3.8) is 0 Å². The van der Waals surface area contributed by atoms with Crippen molar-refractivity contribution in [3.8, 4) is 11.5 Å². The predicted octanol–water partition coefficient (Wildman–Crippen LogP) is 7.48. The lowest BCUT2D eigenvalue weighted by molar-refractivity contribution is -0.385. The maximum atomic E-state index is 13.6. The number of carbonyl (C=O) groups is 1. The van der Waals surface area contributed by atoms with Crippen LogP contribution < -0.4 is 14.8 Å². The Morgan fingerprint density at radius 2 is 1.92 bits per heavy atom. The summed E-state index contributed by atoms with van der Waals surface area (Å²) in [7, 11) is 2.88. The molecule has 1 aliphatic rings. The molecule has 1 heterocycles. The Morgan fingerprint density at radius 3 is 2.53 bits per heavy atom. The summed E-state index contributed by atoms with van der Waals surface area (Å²) >= 11 is 7.49. The zero-order valence-corrected chi connectivity index (χ0v) is 23.5. The first-order valence-electron chi connectivity index (χ1n) is 12.2. The molecule has 0 unspecified atom stereocenters. The standard InChI is InChI=1S/C28H30ClN3O5S/c1-28(2,3)17-6-11-21-23(13-17)38-27(24(21)26(33)31-19-9-7-18(29)8-10-19)30-15-16-12-20(32(34)35)14-22(36-4)25(16)37-5/h7-10,12,14-15,17H,6,11,13H2,1-5H3,(H,31,33)/t17-/m1/s1. The molecule has 2 aromatic carbocycles. The number of methoxy groups -OCH3 is 2. The number of thiophene rings is 1. The summed E-state index contributed by atoms with van der Waals surface area (Å²) in [5, 5.41) is 15.6. The maximum Gasteiger partial charge on any atom is 0.274 e. The fraction of sp³-hybridized carbons (Fsp3) is 0.357. The zero-order valence-electron chi connectivity index (χ0n) is 22.0. The van der Waals surface area contributed by atoms with E-state index in [1.807, 2.05) is 0 Å². The molecule has 1 aromatic heterocycles. The van der Waals surface area contributed by atoms with Crippen LogP contribution in [0.1, 0.15) is 53.6 Å². The fourth-order valence-corrected chi connectivity index (χ4v) is 6.07. The number of hydrogen-bond acceptors (Lipinski definition) is 7. The third-order valence-corrected chi connectivity index (χ3v) is 8.24. The highest BCUT2D eigenvalue weighted by molar-refractivity contribution is 7.16. The topological polar surface area (TPSA) is 103 Å². The Balaban J connectivity index is 1.78. The van der Waals surface area contributed by atoms with E-state index < -0.39 is 4.92 Å². The van der Waals surface area contributed by atoms with Crippen LogP contribution in [-0.2, 0) is 12.8 Å². The summed E-state index contributed by atoms with van der Waals surface area (Å²) < 4.78 is 10.8. The van der Waals surface area contributed by atoms with Gasteiger partial charge < -0.3 is 14.8 Å². The van der Waals surface area contributed by atoms with Gasteiger partial charge in [0.05, 0.1) is 30.8 Å². The summed E-state index contributed by atoms with van der Waals surface area (Å²) in [6.07, 6.45) is 4.12. The molecule has 0 aliphatic heterocycles. The van der Waals surface area contributed by atoms with E-state index in [4.69, 9.17) is 21.1 Å². The van der Waals surface area contributed by atoms with Crippen LogP contribution in [0.5, 0.6) is 11.5 Å². The molecule has 38 heavy (non-hydrogen) atoms. The smallest absolute Gasteiger partial charge is 0.274 e. The Hall–Kier alpha value is -3.43. The average Bonchev–Trinajstić information content (AvgIpc) is 3.25. The minimum atomic E-state index is -0.499. The van der Waals surface area contributed by atoms with Gasteiger partial charge >= 0.3 is 0 Å². The van der Waals surface area contributed by atoms with Crippen molar-refractivity contribution in [1.82, 2.24) is 0 Å². The SMILES string of the molecule is COc1cc([N+](=O)[O-])cc(C=Nc2sc3c(c2C(=O)Nc2ccc(Cl)cc2)CC[C@@H](C(C)(C)C)C3)c1OC. The largest absolute Gasteiger partial charge is 0.493 e. The summed E-state index contributed by atoms with van der Waals surface area (Å²) in [6.45, 7) is 6.72. The first-order chi connectivity index (χ1) is 18.0.